The first-order chi connectivity index (χ1) is 14.9. The van der Waals surface area contributed by atoms with Crippen LogP contribution in [0.1, 0.15) is 31.3 Å². The first-order valence-corrected chi connectivity index (χ1v) is 11.2. The zero-order chi connectivity index (χ0) is 22.4. The molecule has 0 aliphatic carbocycles. The molecule has 1 atom stereocenters. The molecular formula is C22H25ClN4O3S. The average molecular weight is 461 g/mol. The summed E-state index contributed by atoms with van der Waals surface area (Å²) in [6.45, 7) is 6.51. The summed E-state index contributed by atoms with van der Waals surface area (Å²) in [5.74, 6) is 2.25. The van der Waals surface area contributed by atoms with Crippen LogP contribution in [-0.2, 0) is 11.3 Å². The molecule has 1 unspecified atom stereocenters. The highest BCUT2D eigenvalue weighted by Crippen LogP contribution is 2.26. The maximum absolute atomic E-state index is 12.4. The van der Waals surface area contributed by atoms with E-state index in [2.05, 4.69) is 15.5 Å². The number of nitrogens with zero attached hydrogens (tertiary/aromatic N) is 3. The number of benzene rings is 2. The maximum atomic E-state index is 12.4. The van der Waals surface area contributed by atoms with Crippen molar-refractivity contribution in [2.45, 2.75) is 38.6 Å². The van der Waals surface area contributed by atoms with E-state index in [1.165, 1.54) is 11.8 Å². The van der Waals surface area contributed by atoms with E-state index in [1.54, 1.807) is 19.2 Å². The minimum Gasteiger partial charge on any atom is -0.497 e. The van der Waals surface area contributed by atoms with E-state index in [1.807, 2.05) is 55.7 Å². The van der Waals surface area contributed by atoms with Crippen LogP contribution in [-0.4, -0.2) is 33.5 Å². The fourth-order valence-corrected chi connectivity index (χ4v) is 3.94. The fraction of sp³-hybridized carbons (Fsp3) is 0.318. The number of anilines is 1. The Bertz CT molecular complexity index is 1040. The van der Waals surface area contributed by atoms with Gasteiger partial charge in [0.15, 0.2) is 17.1 Å². The largest absolute Gasteiger partial charge is 0.497 e. The van der Waals surface area contributed by atoms with Crippen LogP contribution in [0.15, 0.2) is 47.6 Å². The predicted octanol–water partition coefficient (Wildman–Crippen LogP) is 5.14. The summed E-state index contributed by atoms with van der Waals surface area (Å²) < 4.78 is 13.1. The molecule has 1 amide bonds. The van der Waals surface area contributed by atoms with Crippen molar-refractivity contribution in [3.05, 3.63) is 58.9 Å². The second-order valence-electron chi connectivity index (χ2n) is 6.82. The van der Waals surface area contributed by atoms with Crippen molar-refractivity contribution in [3.63, 3.8) is 0 Å². The molecule has 0 radical (unpaired) electrons. The SMILES string of the molecule is CCn1c(SCC(=O)Nc2cc(Cl)ccc2C)nnc1C(C)Oc1ccc(OC)cc1. The molecule has 0 saturated heterocycles. The molecule has 0 fully saturated rings. The molecule has 0 spiro atoms. The van der Waals surface area contributed by atoms with E-state index in [9.17, 15) is 4.79 Å². The number of hydrogen-bond acceptors (Lipinski definition) is 6. The number of hydrogen-bond donors (Lipinski definition) is 1. The van der Waals surface area contributed by atoms with Gasteiger partial charge in [-0.15, -0.1) is 10.2 Å². The van der Waals surface area contributed by atoms with Crippen LogP contribution in [0.25, 0.3) is 0 Å². The molecular weight excluding hydrogens is 436 g/mol. The topological polar surface area (TPSA) is 78.3 Å². The van der Waals surface area contributed by atoms with Crippen molar-refractivity contribution in [3.8, 4) is 11.5 Å². The van der Waals surface area contributed by atoms with Gasteiger partial charge in [-0.1, -0.05) is 29.4 Å². The number of halogens is 1. The van der Waals surface area contributed by atoms with Crippen LogP contribution in [0.3, 0.4) is 0 Å². The standard InChI is InChI=1S/C22H25ClN4O3S/c1-5-27-21(15(3)30-18-10-8-17(29-4)9-11-18)25-26-22(27)31-13-20(28)24-19-12-16(23)7-6-14(19)2/h6-12,15H,5,13H2,1-4H3,(H,24,28). The van der Waals surface area contributed by atoms with Crippen LogP contribution in [0.2, 0.25) is 5.02 Å². The average Bonchev–Trinajstić information content (AvgIpc) is 3.18. The number of methoxy groups -OCH3 is 1. The number of amides is 1. The smallest absolute Gasteiger partial charge is 0.234 e. The number of thioether (sulfide) groups is 1. The molecule has 1 aromatic heterocycles. The summed E-state index contributed by atoms with van der Waals surface area (Å²) in [7, 11) is 1.62. The summed E-state index contributed by atoms with van der Waals surface area (Å²) >= 11 is 7.35. The predicted molar refractivity (Wildman–Crippen MR) is 123 cm³/mol. The number of aromatic nitrogens is 3. The van der Waals surface area contributed by atoms with Gasteiger partial charge in [-0.3, -0.25) is 4.79 Å². The maximum Gasteiger partial charge on any atom is 0.234 e. The van der Waals surface area contributed by atoms with Gasteiger partial charge in [-0.05, 0) is 62.7 Å². The van der Waals surface area contributed by atoms with E-state index in [0.717, 1.165) is 11.3 Å². The highest BCUT2D eigenvalue weighted by atomic mass is 35.5. The van der Waals surface area contributed by atoms with Crippen molar-refractivity contribution >= 4 is 35.0 Å². The molecule has 3 rings (SSSR count). The molecule has 0 bridgehead atoms. The van der Waals surface area contributed by atoms with Crippen molar-refractivity contribution in [1.82, 2.24) is 14.8 Å². The van der Waals surface area contributed by atoms with Gasteiger partial charge in [0.2, 0.25) is 5.91 Å². The lowest BCUT2D eigenvalue weighted by Crippen LogP contribution is -2.16. The zero-order valence-electron chi connectivity index (χ0n) is 17.9. The third kappa shape index (κ3) is 5.92. The highest BCUT2D eigenvalue weighted by molar-refractivity contribution is 7.99. The van der Waals surface area contributed by atoms with Gasteiger partial charge in [-0.2, -0.15) is 0 Å². The van der Waals surface area contributed by atoms with Crippen molar-refractivity contribution in [2.24, 2.45) is 0 Å². The van der Waals surface area contributed by atoms with E-state index in [0.29, 0.717) is 34.0 Å². The second kappa shape index (κ2) is 10.5. The lowest BCUT2D eigenvalue weighted by atomic mass is 10.2. The Kier molecular flexibility index (Phi) is 7.81. The minimum atomic E-state index is -0.307. The molecule has 31 heavy (non-hydrogen) atoms. The van der Waals surface area contributed by atoms with Crippen LogP contribution in [0.5, 0.6) is 11.5 Å². The molecule has 3 aromatic rings. The Hall–Kier alpha value is -2.71. The quantitative estimate of drug-likeness (QED) is 0.445. The molecule has 1 N–H and O–H groups in total. The van der Waals surface area contributed by atoms with Gasteiger partial charge in [0.05, 0.1) is 12.9 Å². The number of aryl methyl sites for hydroxylation is 1. The van der Waals surface area contributed by atoms with E-state index < -0.39 is 0 Å². The van der Waals surface area contributed by atoms with E-state index in [-0.39, 0.29) is 17.8 Å². The van der Waals surface area contributed by atoms with Crippen molar-refractivity contribution in [2.75, 3.05) is 18.2 Å². The summed E-state index contributed by atoms with van der Waals surface area (Å²) in [5, 5.41) is 12.7. The zero-order valence-corrected chi connectivity index (χ0v) is 19.5. The number of ether oxygens (including phenoxy) is 2. The normalized spacial score (nSPS) is 11.8. The molecule has 0 saturated carbocycles. The molecule has 164 valence electrons. The van der Waals surface area contributed by atoms with Crippen LogP contribution >= 0.6 is 23.4 Å². The summed E-state index contributed by atoms with van der Waals surface area (Å²) in [6.07, 6.45) is -0.307. The van der Waals surface area contributed by atoms with Gasteiger partial charge >= 0.3 is 0 Å². The van der Waals surface area contributed by atoms with Crippen molar-refractivity contribution in [1.29, 1.82) is 0 Å². The Morgan fingerprint density at radius 2 is 1.90 bits per heavy atom. The Labute approximate surface area is 191 Å². The fourth-order valence-electron chi connectivity index (χ4n) is 2.96. The molecule has 0 aliphatic rings. The molecule has 7 nitrogen and oxygen atoms in total. The molecule has 9 heteroatoms. The molecule has 2 aromatic carbocycles. The lowest BCUT2D eigenvalue weighted by Gasteiger charge is -2.16. The number of nitrogens with one attached hydrogen (secondary N) is 1. The van der Waals surface area contributed by atoms with Gasteiger partial charge in [0, 0.05) is 17.3 Å². The van der Waals surface area contributed by atoms with Gasteiger partial charge in [0.1, 0.15) is 11.5 Å². The van der Waals surface area contributed by atoms with Gasteiger partial charge in [-0.25, -0.2) is 0 Å². The first-order valence-electron chi connectivity index (χ1n) is 9.83. The summed E-state index contributed by atoms with van der Waals surface area (Å²) in [5.41, 5.74) is 1.66. The molecule has 0 aliphatic heterocycles. The highest BCUT2D eigenvalue weighted by Gasteiger charge is 2.19. The van der Waals surface area contributed by atoms with E-state index in [4.69, 9.17) is 21.1 Å². The first kappa shape index (κ1) is 23.0. The summed E-state index contributed by atoms with van der Waals surface area (Å²) in [4.78, 5) is 12.4. The van der Waals surface area contributed by atoms with Crippen molar-refractivity contribution < 1.29 is 14.3 Å². The Balaban J connectivity index is 1.63. The Morgan fingerprint density at radius 3 is 2.58 bits per heavy atom. The van der Waals surface area contributed by atoms with Crippen LogP contribution < -0.4 is 14.8 Å². The number of carbonyl (C=O) groups is 1. The summed E-state index contributed by atoms with van der Waals surface area (Å²) in [6, 6.07) is 12.8. The number of rotatable bonds is 9. The van der Waals surface area contributed by atoms with Crippen LogP contribution in [0.4, 0.5) is 5.69 Å². The van der Waals surface area contributed by atoms with Crippen LogP contribution in [0, 0.1) is 6.92 Å². The van der Waals surface area contributed by atoms with Gasteiger partial charge in [0.25, 0.3) is 0 Å². The second-order valence-corrected chi connectivity index (χ2v) is 8.20. The minimum absolute atomic E-state index is 0.134. The van der Waals surface area contributed by atoms with Gasteiger partial charge < -0.3 is 19.4 Å². The van der Waals surface area contributed by atoms with E-state index >= 15 is 0 Å². The third-order valence-electron chi connectivity index (χ3n) is 4.60. The Morgan fingerprint density at radius 1 is 1.19 bits per heavy atom. The number of carbonyl (C=O) groups excluding carboxylic acids is 1. The third-order valence-corrected chi connectivity index (χ3v) is 5.81. The molecule has 1 heterocycles. The lowest BCUT2D eigenvalue weighted by molar-refractivity contribution is -0.113. The monoisotopic (exact) mass is 460 g/mol.